The van der Waals surface area contributed by atoms with E-state index in [4.69, 9.17) is 4.74 Å². The second kappa shape index (κ2) is 9.48. The van der Waals surface area contributed by atoms with Gasteiger partial charge in [0.1, 0.15) is 0 Å². The van der Waals surface area contributed by atoms with E-state index in [1.807, 2.05) is 6.92 Å². The van der Waals surface area contributed by atoms with E-state index < -0.39 is 0 Å². The van der Waals surface area contributed by atoms with Gasteiger partial charge in [0.25, 0.3) is 0 Å². The van der Waals surface area contributed by atoms with E-state index in [1.54, 1.807) is 7.11 Å². The molecule has 1 amide bonds. The van der Waals surface area contributed by atoms with Gasteiger partial charge in [0.15, 0.2) is 0 Å². The summed E-state index contributed by atoms with van der Waals surface area (Å²) >= 11 is 0. The molecule has 2 aliphatic rings. The molecule has 1 unspecified atom stereocenters. The summed E-state index contributed by atoms with van der Waals surface area (Å²) < 4.78 is 5.13. The van der Waals surface area contributed by atoms with Gasteiger partial charge in [-0.25, -0.2) is 0 Å². The van der Waals surface area contributed by atoms with Crippen LogP contribution in [0, 0.1) is 5.92 Å². The van der Waals surface area contributed by atoms with Gasteiger partial charge < -0.3 is 10.1 Å². The van der Waals surface area contributed by atoms with Gasteiger partial charge in [-0.05, 0) is 25.7 Å². The predicted molar refractivity (Wildman–Crippen MR) is 88.9 cm³/mol. The summed E-state index contributed by atoms with van der Waals surface area (Å²) in [6.07, 6.45) is 6.60. The van der Waals surface area contributed by atoms with E-state index >= 15 is 0 Å². The molecular formula is C17H33N3O2. The Morgan fingerprint density at radius 2 is 1.86 bits per heavy atom. The van der Waals surface area contributed by atoms with Crippen molar-refractivity contribution in [3.8, 4) is 0 Å². The fraction of sp³-hybridized carbons (Fsp3) is 0.941. The predicted octanol–water partition coefficient (Wildman–Crippen LogP) is 1.34. The van der Waals surface area contributed by atoms with Gasteiger partial charge in [0.2, 0.25) is 5.91 Å². The maximum atomic E-state index is 12.4. The van der Waals surface area contributed by atoms with Crippen LogP contribution in [-0.4, -0.2) is 74.7 Å². The Kier molecular flexibility index (Phi) is 7.63. The highest BCUT2D eigenvalue weighted by molar-refractivity contribution is 5.81. The molecule has 22 heavy (non-hydrogen) atoms. The quantitative estimate of drug-likeness (QED) is 0.770. The monoisotopic (exact) mass is 311 g/mol. The second-order valence-electron chi connectivity index (χ2n) is 6.80. The molecule has 1 saturated heterocycles. The molecule has 0 aromatic rings. The Hall–Kier alpha value is -0.650. The molecule has 1 N–H and O–H groups in total. The first-order chi connectivity index (χ1) is 10.7. The minimum absolute atomic E-state index is 0.00633. The van der Waals surface area contributed by atoms with Gasteiger partial charge in [-0.1, -0.05) is 19.3 Å². The highest BCUT2D eigenvalue weighted by Crippen LogP contribution is 2.22. The highest BCUT2D eigenvalue weighted by atomic mass is 16.5. The van der Waals surface area contributed by atoms with Crippen LogP contribution in [-0.2, 0) is 9.53 Å². The number of ether oxygens (including phenoxy) is 1. The molecule has 1 aliphatic heterocycles. The Bertz CT molecular complexity index is 324. The smallest absolute Gasteiger partial charge is 0.237 e. The molecule has 2 fully saturated rings. The maximum Gasteiger partial charge on any atom is 0.237 e. The summed E-state index contributed by atoms with van der Waals surface area (Å²) in [5.41, 5.74) is 0. The molecule has 2 rings (SSSR count). The number of nitrogens with one attached hydrogen (secondary N) is 1. The summed E-state index contributed by atoms with van der Waals surface area (Å²) in [6.45, 7) is 8.71. The third-order valence-corrected chi connectivity index (χ3v) is 5.24. The topological polar surface area (TPSA) is 44.8 Å². The van der Waals surface area contributed by atoms with Gasteiger partial charge in [-0.3, -0.25) is 14.6 Å². The van der Waals surface area contributed by atoms with Crippen LogP contribution in [0.1, 0.15) is 39.0 Å². The Morgan fingerprint density at radius 1 is 1.18 bits per heavy atom. The number of piperazine rings is 1. The van der Waals surface area contributed by atoms with E-state index in [9.17, 15) is 4.79 Å². The summed E-state index contributed by atoms with van der Waals surface area (Å²) in [7, 11) is 1.75. The first-order valence-corrected chi connectivity index (χ1v) is 8.93. The molecule has 1 saturated carbocycles. The van der Waals surface area contributed by atoms with Crippen LogP contribution >= 0.6 is 0 Å². The van der Waals surface area contributed by atoms with Crippen molar-refractivity contribution in [2.45, 2.75) is 45.1 Å². The number of carbonyl (C=O) groups excluding carboxylic acids is 1. The Morgan fingerprint density at radius 3 is 2.50 bits per heavy atom. The Labute approximate surface area is 135 Å². The van der Waals surface area contributed by atoms with Crippen molar-refractivity contribution in [1.29, 1.82) is 0 Å². The molecule has 1 heterocycles. The van der Waals surface area contributed by atoms with E-state index in [0.29, 0.717) is 5.92 Å². The largest absolute Gasteiger partial charge is 0.383 e. The summed E-state index contributed by atoms with van der Waals surface area (Å²) in [6, 6.07) is -0.00633. The number of hydrogen-bond donors (Lipinski definition) is 1. The fourth-order valence-corrected chi connectivity index (χ4v) is 3.54. The lowest BCUT2D eigenvalue weighted by molar-refractivity contribution is -0.126. The van der Waals surface area contributed by atoms with E-state index in [1.165, 1.54) is 32.1 Å². The molecular weight excluding hydrogens is 278 g/mol. The molecule has 0 bridgehead atoms. The van der Waals surface area contributed by atoms with Crippen LogP contribution < -0.4 is 5.32 Å². The van der Waals surface area contributed by atoms with E-state index in [2.05, 4.69) is 15.1 Å². The maximum absolute atomic E-state index is 12.4. The standard InChI is InChI=1S/C17H33N3O2/c1-15(17(21)18-14-16-6-4-3-5-7-16)20-10-8-19(9-11-20)12-13-22-2/h15-16H,3-14H2,1-2H3,(H,18,21). The van der Waals surface area contributed by atoms with Crippen LogP contribution in [0.25, 0.3) is 0 Å². The minimum Gasteiger partial charge on any atom is -0.383 e. The van der Waals surface area contributed by atoms with Gasteiger partial charge in [-0.2, -0.15) is 0 Å². The third kappa shape index (κ3) is 5.52. The van der Waals surface area contributed by atoms with Crippen molar-refractivity contribution in [3.63, 3.8) is 0 Å². The molecule has 0 spiro atoms. The summed E-state index contributed by atoms with van der Waals surface area (Å²) in [5, 5.41) is 3.18. The lowest BCUT2D eigenvalue weighted by Gasteiger charge is -2.37. The van der Waals surface area contributed by atoms with Gasteiger partial charge in [0.05, 0.1) is 12.6 Å². The van der Waals surface area contributed by atoms with Gasteiger partial charge >= 0.3 is 0 Å². The number of amides is 1. The normalized spacial score (nSPS) is 23.4. The number of carbonyl (C=O) groups is 1. The first kappa shape index (κ1) is 17.7. The van der Waals surface area contributed by atoms with E-state index in [0.717, 1.165) is 45.9 Å². The molecule has 0 aromatic carbocycles. The lowest BCUT2D eigenvalue weighted by atomic mass is 9.89. The van der Waals surface area contributed by atoms with Crippen LogP contribution in [0.4, 0.5) is 0 Å². The van der Waals surface area contributed by atoms with Crippen LogP contribution in [0.2, 0.25) is 0 Å². The number of methoxy groups -OCH3 is 1. The number of hydrogen-bond acceptors (Lipinski definition) is 4. The number of rotatable bonds is 7. The molecule has 1 aliphatic carbocycles. The molecule has 0 radical (unpaired) electrons. The van der Waals surface area contributed by atoms with Crippen molar-refractivity contribution >= 4 is 5.91 Å². The summed E-state index contributed by atoms with van der Waals surface area (Å²) in [4.78, 5) is 17.1. The molecule has 1 atom stereocenters. The van der Waals surface area contributed by atoms with Crippen molar-refractivity contribution in [2.75, 3.05) is 53.0 Å². The van der Waals surface area contributed by atoms with Crippen LogP contribution in [0.3, 0.4) is 0 Å². The average Bonchev–Trinajstić information content (AvgIpc) is 2.58. The molecule has 5 heteroatoms. The third-order valence-electron chi connectivity index (χ3n) is 5.24. The first-order valence-electron chi connectivity index (χ1n) is 8.93. The summed E-state index contributed by atoms with van der Waals surface area (Å²) in [5.74, 6) is 0.909. The van der Waals surface area contributed by atoms with Crippen LogP contribution in [0.15, 0.2) is 0 Å². The van der Waals surface area contributed by atoms with Crippen LogP contribution in [0.5, 0.6) is 0 Å². The van der Waals surface area contributed by atoms with Crippen molar-refractivity contribution in [2.24, 2.45) is 5.92 Å². The molecule has 0 aromatic heterocycles. The zero-order chi connectivity index (χ0) is 15.8. The average molecular weight is 311 g/mol. The minimum atomic E-state index is -0.00633. The lowest BCUT2D eigenvalue weighted by Crippen LogP contribution is -2.54. The Balaban J connectivity index is 1.65. The zero-order valence-corrected chi connectivity index (χ0v) is 14.4. The highest BCUT2D eigenvalue weighted by Gasteiger charge is 2.25. The number of nitrogens with zero attached hydrogens (tertiary/aromatic N) is 2. The van der Waals surface area contributed by atoms with E-state index in [-0.39, 0.29) is 11.9 Å². The SMILES string of the molecule is COCCN1CCN(C(C)C(=O)NCC2CCCCC2)CC1. The fourth-order valence-electron chi connectivity index (χ4n) is 3.54. The van der Waals surface area contributed by atoms with Crippen molar-refractivity contribution in [3.05, 3.63) is 0 Å². The second-order valence-corrected chi connectivity index (χ2v) is 6.80. The van der Waals surface area contributed by atoms with Crippen molar-refractivity contribution in [1.82, 2.24) is 15.1 Å². The van der Waals surface area contributed by atoms with Gasteiger partial charge in [0, 0.05) is 46.4 Å². The zero-order valence-electron chi connectivity index (χ0n) is 14.4. The molecule has 128 valence electrons. The molecule has 5 nitrogen and oxygen atoms in total. The van der Waals surface area contributed by atoms with Gasteiger partial charge in [-0.15, -0.1) is 0 Å². The van der Waals surface area contributed by atoms with Crippen molar-refractivity contribution < 1.29 is 9.53 Å².